The van der Waals surface area contributed by atoms with Gasteiger partial charge in [0.05, 0.1) is 11.3 Å². The van der Waals surface area contributed by atoms with Gasteiger partial charge in [0.15, 0.2) is 5.75 Å². The minimum Gasteiger partial charge on any atom is -0.422 e. The summed E-state index contributed by atoms with van der Waals surface area (Å²) in [5.41, 5.74) is 2.22. The summed E-state index contributed by atoms with van der Waals surface area (Å²) in [5, 5.41) is 13.4. The standard InChI is InChI=1S/C16H12N4O/c1-12-6-5-7-13(10-17)15(12)21-16-18-11-20(19-16)14-8-3-2-4-9-14/h2-9,11H,1H3. The Bertz CT molecular complexity index is 803. The second-order valence-corrected chi connectivity index (χ2v) is 4.47. The summed E-state index contributed by atoms with van der Waals surface area (Å²) in [6, 6.07) is 17.3. The molecule has 0 bridgehead atoms. The molecule has 0 saturated carbocycles. The average Bonchev–Trinajstić information content (AvgIpc) is 2.99. The van der Waals surface area contributed by atoms with Crippen LogP contribution in [-0.4, -0.2) is 14.8 Å². The van der Waals surface area contributed by atoms with E-state index in [9.17, 15) is 0 Å². The highest BCUT2D eigenvalue weighted by molar-refractivity contribution is 5.48. The van der Waals surface area contributed by atoms with Gasteiger partial charge in [0.1, 0.15) is 12.4 Å². The molecule has 5 heteroatoms. The van der Waals surface area contributed by atoms with Crippen molar-refractivity contribution in [1.82, 2.24) is 14.8 Å². The highest BCUT2D eigenvalue weighted by Gasteiger charge is 2.11. The number of hydrogen-bond donors (Lipinski definition) is 0. The number of benzene rings is 2. The second kappa shape index (κ2) is 5.47. The number of nitrogens with zero attached hydrogens (tertiary/aromatic N) is 4. The molecule has 102 valence electrons. The van der Waals surface area contributed by atoms with Gasteiger partial charge >= 0.3 is 6.01 Å². The van der Waals surface area contributed by atoms with Crippen LogP contribution < -0.4 is 4.74 Å². The maximum atomic E-state index is 9.13. The molecule has 1 heterocycles. The Kier molecular flexibility index (Phi) is 3.36. The fraction of sp³-hybridized carbons (Fsp3) is 0.0625. The Morgan fingerprint density at radius 3 is 2.67 bits per heavy atom. The molecule has 0 aliphatic heterocycles. The van der Waals surface area contributed by atoms with Crippen LogP contribution in [0.2, 0.25) is 0 Å². The molecular weight excluding hydrogens is 264 g/mol. The zero-order valence-electron chi connectivity index (χ0n) is 11.4. The lowest BCUT2D eigenvalue weighted by atomic mass is 10.1. The molecule has 0 unspecified atom stereocenters. The van der Waals surface area contributed by atoms with Gasteiger partial charge in [-0.3, -0.25) is 0 Å². The number of hydrogen-bond acceptors (Lipinski definition) is 4. The summed E-state index contributed by atoms with van der Waals surface area (Å²) in [4.78, 5) is 4.12. The monoisotopic (exact) mass is 276 g/mol. The summed E-state index contributed by atoms with van der Waals surface area (Å²) in [6.07, 6.45) is 1.58. The first kappa shape index (κ1) is 12.9. The second-order valence-electron chi connectivity index (χ2n) is 4.47. The van der Waals surface area contributed by atoms with E-state index in [0.717, 1.165) is 11.3 Å². The highest BCUT2D eigenvalue weighted by atomic mass is 16.5. The number of nitriles is 1. The van der Waals surface area contributed by atoms with Crippen molar-refractivity contribution in [3.05, 3.63) is 66.0 Å². The molecule has 0 fully saturated rings. The molecule has 21 heavy (non-hydrogen) atoms. The zero-order chi connectivity index (χ0) is 14.7. The lowest BCUT2D eigenvalue weighted by Gasteiger charge is -2.06. The van der Waals surface area contributed by atoms with E-state index in [2.05, 4.69) is 16.2 Å². The lowest BCUT2D eigenvalue weighted by molar-refractivity contribution is 0.437. The molecule has 0 aliphatic rings. The fourth-order valence-corrected chi connectivity index (χ4v) is 1.97. The molecule has 3 aromatic rings. The Morgan fingerprint density at radius 1 is 1.10 bits per heavy atom. The summed E-state index contributed by atoms with van der Waals surface area (Å²) in [7, 11) is 0. The minimum atomic E-state index is 0.213. The van der Waals surface area contributed by atoms with Crippen molar-refractivity contribution < 1.29 is 4.74 Å². The molecule has 0 atom stereocenters. The smallest absolute Gasteiger partial charge is 0.341 e. The Labute approximate surface area is 122 Å². The van der Waals surface area contributed by atoms with Gasteiger partial charge in [-0.05, 0) is 30.7 Å². The first-order chi connectivity index (χ1) is 10.3. The Hall–Kier alpha value is -3.13. The Morgan fingerprint density at radius 2 is 1.90 bits per heavy atom. The normalized spacial score (nSPS) is 10.1. The predicted molar refractivity (Wildman–Crippen MR) is 77.3 cm³/mol. The lowest BCUT2D eigenvalue weighted by Crippen LogP contribution is -1.96. The maximum absolute atomic E-state index is 9.13. The van der Waals surface area contributed by atoms with Crippen LogP contribution in [0.3, 0.4) is 0 Å². The average molecular weight is 276 g/mol. The summed E-state index contributed by atoms with van der Waals surface area (Å²) < 4.78 is 7.29. The molecule has 1 aromatic heterocycles. The van der Waals surface area contributed by atoms with Gasteiger partial charge in [-0.2, -0.15) is 10.2 Å². The SMILES string of the molecule is Cc1cccc(C#N)c1Oc1ncn(-c2ccccc2)n1. The van der Waals surface area contributed by atoms with E-state index < -0.39 is 0 Å². The van der Waals surface area contributed by atoms with Gasteiger partial charge in [-0.15, -0.1) is 5.10 Å². The third-order valence-electron chi connectivity index (χ3n) is 3.02. The van der Waals surface area contributed by atoms with Crippen molar-refractivity contribution in [2.75, 3.05) is 0 Å². The number of rotatable bonds is 3. The fourth-order valence-electron chi connectivity index (χ4n) is 1.97. The molecule has 0 radical (unpaired) electrons. The highest BCUT2D eigenvalue weighted by Crippen LogP contribution is 2.26. The van der Waals surface area contributed by atoms with E-state index in [1.54, 1.807) is 17.1 Å². The minimum absolute atomic E-state index is 0.213. The topological polar surface area (TPSA) is 63.7 Å². The quantitative estimate of drug-likeness (QED) is 0.736. The molecular formula is C16H12N4O. The summed E-state index contributed by atoms with van der Waals surface area (Å²) >= 11 is 0. The van der Waals surface area contributed by atoms with Crippen LogP contribution in [0.4, 0.5) is 0 Å². The van der Waals surface area contributed by atoms with Crippen LogP contribution in [0.1, 0.15) is 11.1 Å². The van der Waals surface area contributed by atoms with Crippen molar-refractivity contribution in [2.45, 2.75) is 6.92 Å². The van der Waals surface area contributed by atoms with Gasteiger partial charge in [-0.1, -0.05) is 30.3 Å². The first-order valence-corrected chi connectivity index (χ1v) is 6.42. The third-order valence-corrected chi connectivity index (χ3v) is 3.02. The van der Waals surface area contributed by atoms with Gasteiger partial charge in [0.2, 0.25) is 0 Å². The summed E-state index contributed by atoms with van der Waals surface area (Å²) in [5.74, 6) is 0.491. The largest absolute Gasteiger partial charge is 0.422 e. The van der Waals surface area contributed by atoms with E-state index >= 15 is 0 Å². The number of para-hydroxylation sites is 2. The van der Waals surface area contributed by atoms with Crippen LogP contribution in [0.15, 0.2) is 54.9 Å². The van der Waals surface area contributed by atoms with E-state index in [1.807, 2.05) is 49.4 Å². The number of aryl methyl sites for hydroxylation is 1. The van der Waals surface area contributed by atoms with Crippen molar-refractivity contribution >= 4 is 0 Å². The van der Waals surface area contributed by atoms with Crippen LogP contribution >= 0.6 is 0 Å². The van der Waals surface area contributed by atoms with Crippen LogP contribution in [0, 0.1) is 18.3 Å². The van der Waals surface area contributed by atoms with E-state index in [-0.39, 0.29) is 6.01 Å². The van der Waals surface area contributed by atoms with Gasteiger partial charge in [-0.25, -0.2) is 4.68 Å². The predicted octanol–water partition coefficient (Wildman–Crippen LogP) is 3.24. The molecule has 0 aliphatic carbocycles. The van der Waals surface area contributed by atoms with Gasteiger partial charge in [0.25, 0.3) is 0 Å². The Balaban J connectivity index is 1.91. The van der Waals surface area contributed by atoms with Crippen molar-refractivity contribution in [2.24, 2.45) is 0 Å². The molecule has 5 nitrogen and oxygen atoms in total. The zero-order valence-corrected chi connectivity index (χ0v) is 11.4. The molecule has 0 spiro atoms. The van der Waals surface area contributed by atoms with E-state index in [0.29, 0.717) is 11.3 Å². The number of ether oxygens (including phenoxy) is 1. The summed E-state index contributed by atoms with van der Waals surface area (Å²) in [6.45, 7) is 1.88. The van der Waals surface area contributed by atoms with Gasteiger partial charge < -0.3 is 4.74 Å². The first-order valence-electron chi connectivity index (χ1n) is 6.42. The molecule has 0 amide bonds. The van der Waals surface area contributed by atoms with Crippen LogP contribution in [-0.2, 0) is 0 Å². The van der Waals surface area contributed by atoms with Crippen LogP contribution in [0.5, 0.6) is 11.8 Å². The molecule has 2 aromatic carbocycles. The third kappa shape index (κ3) is 2.60. The van der Waals surface area contributed by atoms with Crippen LogP contribution in [0.25, 0.3) is 5.69 Å². The van der Waals surface area contributed by atoms with Crippen molar-refractivity contribution in [3.8, 4) is 23.5 Å². The molecule has 3 rings (SSSR count). The maximum Gasteiger partial charge on any atom is 0.341 e. The number of aromatic nitrogens is 3. The van der Waals surface area contributed by atoms with Gasteiger partial charge in [0, 0.05) is 0 Å². The van der Waals surface area contributed by atoms with Crippen molar-refractivity contribution in [1.29, 1.82) is 5.26 Å². The van der Waals surface area contributed by atoms with E-state index in [4.69, 9.17) is 10.00 Å². The molecule has 0 saturated heterocycles. The van der Waals surface area contributed by atoms with Crippen molar-refractivity contribution in [3.63, 3.8) is 0 Å². The van der Waals surface area contributed by atoms with E-state index in [1.165, 1.54) is 0 Å². The molecule has 0 N–H and O–H groups in total.